The summed E-state index contributed by atoms with van der Waals surface area (Å²) in [6.07, 6.45) is 0. The van der Waals surface area contributed by atoms with Gasteiger partial charge in [-0.25, -0.2) is 0 Å². The summed E-state index contributed by atoms with van der Waals surface area (Å²) in [7, 11) is 3.05. The zero-order valence-electron chi connectivity index (χ0n) is 20.3. The van der Waals surface area contributed by atoms with Crippen molar-refractivity contribution in [2.45, 2.75) is 0 Å². The Morgan fingerprint density at radius 1 is 0.833 bits per heavy atom. The lowest BCUT2D eigenvalue weighted by Crippen LogP contribution is -2.36. The van der Waals surface area contributed by atoms with Gasteiger partial charge in [0.15, 0.2) is 18.1 Å². The van der Waals surface area contributed by atoms with Crippen LogP contribution in [0.1, 0.15) is 10.4 Å². The molecule has 0 saturated carbocycles. The van der Waals surface area contributed by atoms with E-state index in [1.807, 2.05) is 24.3 Å². The van der Waals surface area contributed by atoms with Crippen LogP contribution in [0, 0.1) is 0 Å². The number of hydrogen-bond acceptors (Lipinski definition) is 7. The lowest BCUT2D eigenvalue weighted by atomic mass is 10.1. The van der Waals surface area contributed by atoms with E-state index in [0.717, 1.165) is 18.8 Å². The minimum Gasteiger partial charge on any atom is -0.497 e. The number of carbonyl (C=O) groups is 2. The Balaban J connectivity index is 1.33. The number of morpholine rings is 1. The van der Waals surface area contributed by atoms with Crippen molar-refractivity contribution in [3.8, 4) is 17.2 Å². The van der Waals surface area contributed by atoms with Crippen LogP contribution < -0.4 is 29.7 Å². The molecular formula is C27H29N3O6. The first kappa shape index (κ1) is 24.9. The molecule has 36 heavy (non-hydrogen) atoms. The third-order valence-corrected chi connectivity index (χ3v) is 5.66. The van der Waals surface area contributed by atoms with Gasteiger partial charge in [-0.1, -0.05) is 0 Å². The van der Waals surface area contributed by atoms with Crippen molar-refractivity contribution in [1.82, 2.24) is 0 Å². The molecule has 0 unspecified atom stereocenters. The SMILES string of the molecule is COc1ccc(NC(=O)COc2ccc(C(=O)Nc3ccc(N4CCOCC4)cc3)cc2OC)cc1. The van der Waals surface area contributed by atoms with Crippen molar-refractivity contribution in [2.75, 3.05) is 62.7 Å². The summed E-state index contributed by atoms with van der Waals surface area (Å²) in [6.45, 7) is 2.91. The first-order valence-electron chi connectivity index (χ1n) is 11.5. The van der Waals surface area contributed by atoms with Crippen LogP contribution in [0.25, 0.3) is 0 Å². The van der Waals surface area contributed by atoms with Gasteiger partial charge in [-0.15, -0.1) is 0 Å². The molecule has 3 aromatic rings. The number of anilines is 3. The summed E-state index contributed by atoms with van der Waals surface area (Å²) in [5.41, 5.74) is 2.81. The van der Waals surface area contributed by atoms with E-state index in [9.17, 15) is 9.59 Å². The molecule has 1 heterocycles. The molecule has 0 radical (unpaired) electrons. The van der Waals surface area contributed by atoms with Crippen LogP contribution in [-0.4, -0.2) is 58.9 Å². The molecule has 1 aliphatic rings. The number of hydrogen-bond donors (Lipinski definition) is 2. The van der Waals surface area contributed by atoms with Crippen molar-refractivity contribution in [3.05, 3.63) is 72.3 Å². The van der Waals surface area contributed by atoms with Crippen molar-refractivity contribution in [2.24, 2.45) is 0 Å². The third kappa shape index (κ3) is 6.45. The van der Waals surface area contributed by atoms with Gasteiger partial charge in [0.05, 0.1) is 27.4 Å². The van der Waals surface area contributed by atoms with Crippen LogP contribution in [0.15, 0.2) is 66.7 Å². The molecule has 9 nitrogen and oxygen atoms in total. The fourth-order valence-electron chi connectivity index (χ4n) is 3.72. The second-order valence-electron chi connectivity index (χ2n) is 8.03. The highest BCUT2D eigenvalue weighted by Crippen LogP contribution is 2.29. The van der Waals surface area contributed by atoms with Gasteiger partial charge in [0.2, 0.25) is 0 Å². The molecule has 3 aromatic carbocycles. The van der Waals surface area contributed by atoms with Crippen LogP contribution in [-0.2, 0) is 9.53 Å². The predicted octanol–water partition coefficient (Wildman–Crippen LogP) is 3.81. The monoisotopic (exact) mass is 491 g/mol. The Hall–Kier alpha value is -4.24. The van der Waals surface area contributed by atoms with Crippen LogP contribution in [0.4, 0.5) is 17.1 Å². The van der Waals surface area contributed by atoms with Crippen LogP contribution in [0.3, 0.4) is 0 Å². The Morgan fingerprint density at radius 2 is 1.50 bits per heavy atom. The molecular weight excluding hydrogens is 462 g/mol. The van der Waals surface area contributed by atoms with E-state index in [2.05, 4.69) is 15.5 Å². The smallest absolute Gasteiger partial charge is 0.262 e. The average Bonchev–Trinajstić information content (AvgIpc) is 2.93. The fourth-order valence-corrected chi connectivity index (χ4v) is 3.72. The quantitative estimate of drug-likeness (QED) is 0.470. The highest BCUT2D eigenvalue weighted by Gasteiger charge is 2.14. The normalized spacial score (nSPS) is 13.0. The Bertz CT molecular complexity index is 1180. The number of nitrogens with zero attached hydrogens (tertiary/aromatic N) is 1. The van der Waals surface area contributed by atoms with Gasteiger partial charge in [0.25, 0.3) is 11.8 Å². The first-order valence-corrected chi connectivity index (χ1v) is 11.5. The summed E-state index contributed by atoms with van der Waals surface area (Å²) < 4.78 is 21.5. The zero-order chi connectivity index (χ0) is 25.3. The van der Waals surface area contributed by atoms with E-state index >= 15 is 0 Å². The molecule has 1 saturated heterocycles. The Kier molecular flexibility index (Phi) is 8.25. The maximum absolute atomic E-state index is 12.8. The summed E-state index contributed by atoms with van der Waals surface area (Å²) >= 11 is 0. The summed E-state index contributed by atoms with van der Waals surface area (Å²) in [5.74, 6) is 0.792. The molecule has 4 rings (SSSR count). The average molecular weight is 492 g/mol. The van der Waals surface area contributed by atoms with E-state index < -0.39 is 0 Å². The summed E-state index contributed by atoms with van der Waals surface area (Å²) in [4.78, 5) is 27.3. The number of carbonyl (C=O) groups excluding carboxylic acids is 2. The summed E-state index contributed by atoms with van der Waals surface area (Å²) in [6, 6.07) is 19.5. The minimum absolute atomic E-state index is 0.219. The number of nitrogens with one attached hydrogen (secondary N) is 2. The highest BCUT2D eigenvalue weighted by molar-refractivity contribution is 6.04. The van der Waals surface area contributed by atoms with Gasteiger partial charge in [-0.2, -0.15) is 0 Å². The second-order valence-corrected chi connectivity index (χ2v) is 8.03. The zero-order valence-corrected chi connectivity index (χ0v) is 20.3. The molecule has 1 fully saturated rings. The van der Waals surface area contributed by atoms with Crippen LogP contribution in [0.5, 0.6) is 17.2 Å². The number of ether oxygens (including phenoxy) is 4. The largest absolute Gasteiger partial charge is 0.497 e. The van der Waals surface area contributed by atoms with Gasteiger partial charge < -0.3 is 34.5 Å². The third-order valence-electron chi connectivity index (χ3n) is 5.66. The van der Waals surface area contributed by atoms with Crippen molar-refractivity contribution in [1.29, 1.82) is 0 Å². The van der Waals surface area contributed by atoms with Gasteiger partial charge in [-0.3, -0.25) is 9.59 Å². The minimum atomic E-state index is -0.329. The standard InChI is InChI=1S/C27H29N3O6/c1-33-23-10-6-20(7-11-23)28-26(31)18-36-24-12-3-19(17-25(24)34-2)27(32)29-21-4-8-22(9-5-21)30-13-15-35-16-14-30/h3-12,17H,13-16,18H2,1-2H3,(H,28,31)(H,29,32). The number of methoxy groups -OCH3 is 2. The van der Waals surface area contributed by atoms with E-state index in [-0.39, 0.29) is 18.4 Å². The highest BCUT2D eigenvalue weighted by atomic mass is 16.5. The van der Waals surface area contributed by atoms with Gasteiger partial charge >= 0.3 is 0 Å². The van der Waals surface area contributed by atoms with Gasteiger partial charge in [-0.05, 0) is 66.7 Å². The van der Waals surface area contributed by atoms with Crippen LogP contribution >= 0.6 is 0 Å². The lowest BCUT2D eigenvalue weighted by molar-refractivity contribution is -0.118. The molecule has 0 aliphatic carbocycles. The van der Waals surface area contributed by atoms with E-state index in [1.165, 1.54) is 7.11 Å². The van der Waals surface area contributed by atoms with Crippen LogP contribution in [0.2, 0.25) is 0 Å². The maximum atomic E-state index is 12.8. The van der Waals surface area contributed by atoms with Crippen molar-refractivity contribution < 1.29 is 28.5 Å². The first-order chi connectivity index (χ1) is 17.6. The number of benzene rings is 3. The van der Waals surface area contributed by atoms with E-state index in [1.54, 1.807) is 49.6 Å². The molecule has 188 valence electrons. The second kappa shape index (κ2) is 11.9. The summed E-state index contributed by atoms with van der Waals surface area (Å²) in [5, 5.41) is 5.64. The molecule has 2 amide bonds. The van der Waals surface area contributed by atoms with E-state index in [0.29, 0.717) is 47.4 Å². The van der Waals surface area contributed by atoms with Gasteiger partial charge in [0.1, 0.15) is 5.75 Å². The topological polar surface area (TPSA) is 98.4 Å². The number of amides is 2. The van der Waals surface area contributed by atoms with Crippen molar-refractivity contribution >= 4 is 28.9 Å². The molecule has 0 aromatic heterocycles. The van der Waals surface area contributed by atoms with E-state index in [4.69, 9.17) is 18.9 Å². The fraction of sp³-hybridized carbons (Fsp3) is 0.259. The number of rotatable bonds is 9. The lowest BCUT2D eigenvalue weighted by Gasteiger charge is -2.28. The Morgan fingerprint density at radius 3 is 2.17 bits per heavy atom. The maximum Gasteiger partial charge on any atom is 0.262 e. The van der Waals surface area contributed by atoms with Crippen molar-refractivity contribution in [3.63, 3.8) is 0 Å². The molecule has 0 atom stereocenters. The molecule has 1 aliphatic heterocycles. The Labute approximate surface area is 209 Å². The molecule has 2 N–H and O–H groups in total. The molecule has 0 spiro atoms. The van der Waals surface area contributed by atoms with Gasteiger partial charge in [0, 0.05) is 35.7 Å². The molecule has 9 heteroatoms. The predicted molar refractivity (Wildman–Crippen MR) is 138 cm³/mol. The molecule has 0 bridgehead atoms.